The summed E-state index contributed by atoms with van der Waals surface area (Å²) in [5, 5.41) is 4.14. The van der Waals surface area contributed by atoms with E-state index in [1.807, 2.05) is 24.0 Å². The Morgan fingerprint density at radius 2 is 2.30 bits per heavy atom. The Hall–Kier alpha value is -0.450. The summed E-state index contributed by atoms with van der Waals surface area (Å²) in [6.45, 7) is 10.6. The van der Waals surface area contributed by atoms with Crippen molar-refractivity contribution in [1.82, 2.24) is 10.3 Å². The molecule has 1 aliphatic rings. The van der Waals surface area contributed by atoms with Crippen LogP contribution in [0.5, 0.6) is 0 Å². The van der Waals surface area contributed by atoms with Crippen LogP contribution in [0.1, 0.15) is 32.8 Å². The second-order valence-corrected chi connectivity index (χ2v) is 8.06. The predicted molar refractivity (Wildman–Crippen MR) is 90.0 cm³/mol. The molecule has 2 rings (SSSR count). The molecule has 0 unspecified atom stereocenters. The van der Waals surface area contributed by atoms with Crippen LogP contribution in [0.4, 0.5) is 5.82 Å². The minimum absolute atomic E-state index is 0.268. The molecular formula is C15H24ClN3S. The fourth-order valence-electron chi connectivity index (χ4n) is 2.41. The summed E-state index contributed by atoms with van der Waals surface area (Å²) in [7, 11) is 0. The maximum Gasteiger partial charge on any atom is 0.147 e. The zero-order valence-corrected chi connectivity index (χ0v) is 14.2. The molecule has 0 atom stereocenters. The van der Waals surface area contributed by atoms with E-state index in [1.165, 1.54) is 0 Å². The van der Waals surface area contributed by atoms with E-state index < -0.39 is 0 Å². The van der Waals surface area contributed by atoms with E-state index in [4.69, 9.17) is 11.6 Å². The fraction of sp³-hybridized carbons (Fsp3) is 0.667. The average Bonchev–Trinajstić information content (AvgIpc) is 2.38. The van der Waals surface area contributed by atoms with E-state index in [0.29, 0.717) is 0 Å². The summed E-state index contributed by atoms with van der Waals surface area (Å²) in [6.07, 6.45) is 3.08. The molecular weight excluding hydrogens is 290 g/mol. The molecule has 20 heavy (non-hydrogen) atoms. The maximum atomic E-state index is 6.43. The smallest absolute Gasteiger partial charge is 0.147 e. The first-order valence-electron chi connectivity index (χ1n) is 7.26. The Morgan fingerprint density at radius 1 is 1.50 bits per heavy atom. The van der Waals surface area contributed by atoms with Crippen molar-refractivity contribution >= 4 is 29.2 Å². The van der Waals surface area contributed by atoms with Crippen molar-refractivity contribution in [3.05, 3.63) is 22.8 Å². The third kappa shape index (κ3) is 4.27. The number of halogens is 1. The Morgan fingerprint density at radius 3 is 2.95 bits per heavy atom. The normalized spacial score (nSPS) is 18.3. The number of rotatable bonds is 5. The number of pyridine rings is 1. The molecule has 5 heteroatoms. The molecule has 1 aromatic rings. The van der Waals surface area contributed by atoms with Gasteiger partial charge < -0.3 is 10.2 Å². The SMILES string of the molecule is CCCNCc1cnc(N2CCSC(C)(C)C2)c(Cl)c1. The second-order valence-electron chi connectivity index (χ2n) is 5.86. The summed E-state index contributed by atoms with van der Waals surface area (Å²) in [6, 6.07) is 2.04. The highest BCUT2D eigenvalue weighted by Gasteiger charge is 2.28. The van der Waals surface area contributed by atoms with E-state index in [2.05, 4.69) is 36.0 Å². The van der Waals surface area contributed by atoms with Gasteiger partial charge in [0.2, 0.25) is 0 Å². The topological polar surface area (TPSA) is 28.2 Å². The van der Waals surface area contributed by atoms with Crippen LogP contribution >= 0.6 is 23.4 Å². The van der Waals surface area contributed by atoms with Crippen LogP contribution in [0.15, 0.2) is 12.3 Å². The van der Waals surface area contributed by atoms with Gasteiger partial charge in [0.05, 0.1) is 5.02 Å². The van der Waals surface area contributed by atoms with Crippen LogP contribution < -0.4 is 10.2 Å². The largest absolute Gasteiger partial charge is 0.353 e. The monoisotopic (exact) mass is 313 g/mol. The molecule has 0 spiro atoms. The predicted octanol–water partition coefficient (Wildman–Crippen LogP) is 3.57. The lowest BCUT2D eigenvalue weighted by molar-refractivity contribution is 0.641. The molecule has 0 amide bonds. The van der Waals surface area contributed by atoms with Crippen LogP contribution in [-0.2, 0) is 6.54 Å². The summed E-state index contributed by atoms with van der Waals surface area (Å²) in [5.74, 6) is 2.06. The quantitative estimate of drug-likeness (QED) is 0.841. The minimum atomic E-state index is 0.268. The minimum Gasteiger partial charge on any atom is -0.353 e. The number of nitrogens with one attached hydrogen (secondary N) is 1. The molecule has 1 N–H and O–H groups in total. The summed E-state index contributed by atoms with van der Waals surface area (Å²) < 4.78 is 0.268. The summed E-state index contributed by atoms with van der Waals surface area (Å²) in [4.78, 5) is 6.90. The molecule has 1 aliphatic heterocycles. The van der Waals surface area contributed by atoms with Gasteiger partial charge in [0, 0.05) is 36.3 Å². The van der Waals surface area contributed by atoms with Crippen LogP contribution in [0.2, 0.25) is 5.02 Å². The highest BCUT2D eigenvalue weighted by molar-refractivity contribution is 8.00. The molecule has 0 radical (unpaired) electrons. The van der Waals surface area contributed by atoms with E-state index in [-0.39, 0.29) is 4.75 Å². The Bertz CT molecular complexity index is 451. The highest BCUT2D eigenvalue weighted by Crippen LogP contribution is 2.34. The molecule has 2 heterocycles. The molecule has 1 fully saturated rings. The van der Waals surface area contributed by atoms with Gasteiger partial charge >= 0.3 is 0 Å². The molecule has 1 aromatic heterocycles. The Labute approximate surface area is 131 Å². The second kappa shape index (κ2) is 7.01. The van der Waals surface area contributed by atoms with Gasteiger partial charge in [-0.25, -0.2) is 4.98 Å². The Balaban J connectivity index is 2.05. The van der Waals surface area contributed by atoms with Gasteiger partial charge in [-0.2, -0.15) is 11.8 Å². The van der Waals surface area contributed by atoms with Gasteiger partial charge in [-0.1, -0.05) is 18.5 Å². The summed E-state index contributed by atoms with van der Waals surface area (Å²) in [5.41, 5.74) is 1.15. The fourth-order valence-corrected chi connectivity index (χ4v) is 3.83. The van der Waals surface area contributed by atoms with Crippen molar-refractivity contribution in [3.63, 3.8) is 0 Å². The van der Waals surface area contributed by atoms with Crippen molar-refractivity contribution in [2.24, 2.45) is 0 Å². The van der Waals surface area contributed by atoms with Gasteiger partial charge in [-0.15, -0.1) is 0 Å². The number of hydrogen-bond acceptors (Lipinski definition) is 4. The first-order valence-corrected chi connectivity index (χ1v) is 8.62. The van der Waals surface area contributed by atoms with Crippen molar-refractivity contribution in [2.45, 2.75) is 38.5 Å². The molecule has 0 aliphatic carbocycles. The molecule has 0 aromatic carbocycles. The van der Waals surface area contributed by atoms with Crippen LogP contribution in [0.25, 0.3) is 0 Å². The van der Waals surface area contributed by atoms with Gasteiger partial charge in [-0.3, -0.25) is 0 Å². The zero-order valence-electron chi connectivity index (χ0n) is 12.6. The van der Waals surface area contributed by atoms with E-state index in [1.54, 1.807) is 0 Å². The number of hydrogen-bond donors (Lipinski definition) is 1. The first-order chi connectivity index (χ1) is 9.52. The van der Waals surface area contributed by atoms with E-state index in [9.17, 15) is 0 Å². The van der Waals surface area contributed by atoms with Crippen LogP contribution in [0, 0.1) is 0 Å². The maximum absolute atomic E-state index is 6.43. The van der Waals surface area contributed by atoms with Crippen molar-refractivity contribution in [3.8, 4) is 0 Å². The standard InChI is InChI=1S/C15H24ClN3S/c1-4-5-17-9-12-8-13(16)14(18-10-12)19-6-7-20-15(2,3)11-19/h8,10,17H,4-7,9,11H2,1-3H3. The van der Waals surface area contributed by atoms with Crippen molar-refractivity contribution < 1.29 is 0 Å². The number of aromatic nitrogens is 1. The van der Waals surface area contributed by atoms with E-state index in [0.717, 1.165) is 54.8 Å². The van der Waals surface area contributed by atoms with Gasteiger partial charge in [0.1, 0.15) is 5.82 Å². The van der Waals surface area contributed by atoms with Crippen LogP contribution in [0.3, 0.4) is 0 Å². The van der Waals surface area contributed by atoms with Gasteiger partial charge in [0.25, 0.3) is 0 Å². The molecule has 0 bridgehead atoms. The lowest BCUT2D eigenvalue weighted by atomic mass is 10.2. The molecule has 0 saturated carbocycles. The van der Waals surface area contributed by atoms with Crippen molar-refractivity contribution in [2.75, 3.05) is 30.3 Å². The highest BCUT2D eigenvalue weighted by atomic mass is 35.5. The Kier molecular flexibility index (Phi) is 5.58. The lowest BCUT2D eigenvalue weighted by Gasteiger charge is -2.38. The average molecular weight is 314 g/mol. The van der Waals surface area contributed by atoms with Gasteiger partial charge in [-0.05, 0) is 38.4 Å². The summed E-state index contributed by atoms with van der Waals surface area (Å²) >= 11 is 8.45. The van der Waals surface area contributed by atoms with E-state index >= 15 is 0 Å². The van der Waals surface area contributed by atoms with Crippen molar-refractivity contribution in [1.29, 1.82) is 0 Å². The number of thioether (sulfide) groups is 1. The third-order valence-corrected chi connectivity index (χ3v) is 4.93. The van der Waals surface area contributed by atoms with Crippen LogP contribution in [-0.4, -0.2) is 35.1 Å². The number of nitrogens with zero attached hydrogens (tertiary/aromatic N) is 2. The molecule has 1 saturated heterocycles. The zero-order chi connectivity index (χ0) is 14.6. The molecule has 3 nitrogen and oxygen atoms in total. The number of anilines is 1. The lowest BCUT2D eigenvalue weighted by Crippen LogP contribution is -2.43. The van der Waals surface area contributed by atoms with Gasteiger partial charge in [0.15, 0.2) is 0 Å². The molecule has 112 valence electrons. The third-order valence-electron chi connectivity index (χ3n) is 3.36. The first kappa shape index (κ1) is 15.9.